The standard InChI is InChI=1S/C14H30/c1-7-10-13(4,5)11-12-14(6,8-2)9-3/h7-12H2,1-6H3. The summed E-state index contributed by atoms with van der Waals surface area (Å²) in [5.41, 5.74) is 1.14. The highest BCUT2D eigenvalue weighted by molar-refractivity contribution is 4.76. The lowest BCUT2D eigenvalue weighted by molar-refractivity contribution is 0.199. The zero-order valence-electron chi connectivity index (χ0n) is 11.2. The van der Waals surface area contributed by atoms with E-state index in [9.17, 15) is 0 Å². The molecule has 0 aliphatic rings. The molecule has 0 saturated carbocycles. The van der Waals surface area contributed by atoms with Crippen molar-refractivity contribution in [1.82, 2.24) is 0 Å². The van der Waals surface area contributed by atoms with Gasteiger partial charge in [0.1, 0.15) is 0 Å². The molecule has 0 aliphatic carbocycles. The fourth-order valence-electron chi connectivity index (χ4n) is 2.05. The summed E-state index contributed by atoms with van der Waals surface area (Å²) in [5, 5.41) is 0. The van der Waals surface area contributed by atoms with Crippen LogP contribution in [0, 0.1) is 10.8 Å². The Kier molecular flexibility index (Phi) is 5.78. The first kappa shape index (κ1) is 14.0. The SMILES string of the molecule is CCCC(C)(C)CCC(C)(CC)CC. The Hall–Kier alpha value is 0. The predicted molar refractivity (Wildman–Crippen MR) is 66.6 cm³/mol. The number of rotatable bonds is 7. The smallest absolute Gasteiger partial charge is 0.0331 e. The molecule has 0 atom stereocenters. The molecule has 0 N–H and O–H groups in total. The van der Waals surface area contributed by atoms with Crippen LogP contribution in [0.1, 0.15) is 80.1 Å². The van der Waals surface area contributed by atoms with Gasteiger partial charge in [-0.2, -0.15) is 0 Å². The van der Waals surface area contributed by atoms with E-state index < -0.39 is 0 Å². The van der Waals surface area contributed by atoms with Crippen molar-refractivity contribution in [2.24, 2.45) is 10.8 Å². The molecular weight excluding hydrogens is 168 g/mol. The molecule has 0 bridgehead atoms. The van der Waals surface area contributed by atoms with Crippen molar-refractivity contribution in [3.05, 3.63) is 0 Å². The normalized spacial score (nSPS) is 13.3. The van der Waals surface area contributed by atoms with Gasteiger partial charge in [-0.25, -0.2) is 0 Å². The maximum absolute atomic E-state index is 2.44. The third kappa shape index (κ3) is 5.02. The molecule has 0 aromatic carbocycles. The van der Waals surface area contributed by atoms with Gasteiger partial charge < -0.3 is 0 Å². The maximum atomic E-state index is 2.44. The lowest BCUT2D eigenvalue weighted by Crippen LogP contribution is -2.19. The summed E-state index contributed by atoms with van der Waals surface area (Å²) in [5.74, 6) is 0. The Balaban J connectivity index is 4.02. The quantitative estimate of drug-likeness (QED) is 0.512. The summed E-state index contributed by atoms with van der Waals surface area (Å²) in [6, 6.07) is 0. The summed E-state index contributed by atoms with van der Waals surface area (Å²) in [6.45, 7) is 14.2. The van der Waals surface area contributed by atoms with Gasteiger partial charge in [-0.15, -0.1) is 0 Å². The molecule has 0 unspecified atom stereocenters. The summed E-state index contributed by atoms with van der Waals surface area (Å²) in [7, 11) is 0. The molecule has 0 nitrogen and oxygen atoms in total. The minimum atomic E-state index is 0.556. The highest BCUT2D eigenvalue weighted by Gasteiger charge is 2.24. The molecule has 0 saturated heterocycles. The van der Waals surface area contributed by atoms with Crippen molar-refractivity contribution < 1.29 is 0 Å². The van der Waals surface area contributed by atoms with E-state index in [1.165, 1.54) is 38.5 Å². The summed E-state index contributed by atoms with van der Waals surface area (Å²) < 4.78 is 0. The molecule has 0 rings (SSSR count). The van der Waals surface area contributed by atoms with Crippen LogP contribution in [0.5, 0.6) is 0 Å². The van der Waals surface area contributed by atoms with Crippen molar-refractivity contribution in [3.63, 3.8) is 0 Å². The van der Waals surface area contributed by atoms with Crippen LogP contribution in [0.4, 0.5) is 0 Å². The predicted octanol–water partition coefficient (Wildman–Crippen LogP) is 5.42. The van der Waals surface area contributed by atoms with E-state index in [4.69, 9.17) is 0 Å². The van der Waals surface area contributed by atoms with Gasteiger partial charge in [0.25, 0.3) is 0 Å². The highest BCUT2D eigenvalue weighted by Crippen LogP contribution is 2.37. The molecule has 0 heterocycles. The van der Waals surface area contributed by atoms with Gasteiger partial charge >= 0.3 is 0 Å². The first-order chi connectivity index (χ1) is 6.39. The van der Waals surface area contributed by atoms with E-state index >= 15 is 0 Å². The highest BCUT2D eigenvalue weighted by atomic mass is 14.3. The van der Waals surface area contributed by atoms with Gasteiger partial charge in [-0.05, 0) is 30.1 Å². The zero-order valence-corrected chi connectivity index (χ0v) is 11.2. The monoisotopic (exact) mass is 198 g/mol. The lowest BCUT2D eigenvalue weighted by atomic mass is 9.74. The summed E-state index contributed by atoms with van der Waals surface area (Å²) in [4.78, 5) is 0. The van der Waals surface area contributed by atoms with Crippen LogP contribution in [0.15, 0.2) is 0 Å². The van der Waals surface area contributed by atoms with Crippen molar-refractivity contribution in [2.75, 3.05) is 0 Å². The van der Waals surface area contributed by atoms with Gasteiger partial charge in [0.05, 0.1) is 0 Å². The fraction of sp³-hybridized carbons (Fsp3) is 1.00. The van der Waals surface area contributed by atoms with Crippen LogP contribution >= 0.6 is 0 Å². The van der Waals surface area contributed by atoms with E-state index in [1.807, 2.05) is 0 Å². The molecule has 0 heteroatoms. The zero-order chi connectivity index (χ0) is 11.2. The molecule has 0 aliphatic heterocycles. The topological polar surface area (TPSA) is 0 Å². The molecule has 86 valence electrons. The third-order valence-corrected chi connectivity index (χ3v) is 4.04. The minimum absolute atomic E-state index is 0.556. The van der Waals surface area contributed by atoms with Gasteiger partial charge in [0.2, 0.25) is 0 Å². The largest absolute Gasteiger partial charge is 0.0654 e. The van der Waals surface area contributed by atoms with Crippen LogP contribution in [-0.2, 0) is 0 Å². The van der Waals surface area contributed by atoms with Gasteiger partial charge in [0.15, 0.2) is 0 Å². The first-order valence-corrected chi connectivity index (χ1v) is 6.39. The van der Waals surface area contributed by atoms with E-state index in [2.05, 4.69) is 41.5 Å². The minimum Gasteiger partial charge on any atom is -0.0654 e. The molecular formula is C14H30. The molecule has 0 aromatic rings. The molecule has 0 amide bonds. The van der Waals surface area contributed by atoms with Crippen LogP contribution in [0.25, 0.3) is 0 Å². The Morgan fingerprint density at radius 3 is 1.57 bits per heavy atom. The Morgan fingerprint density at radius 2 is 1.21 bits per heavy atom. The van der Waals surface area contributed by atoms with E-state index in [0.29, 0.717) is 10.8 Å². The van der Waals surface area contributed by atoms with Crippen LogP contribution < -0.4 is 0 Å². The summed E-state index contributed by atoms with van der Waals surface area (Å²) >= 11 is 0. The Morgan fingerprint density at radius 1 is 0.714 bits per heavy atom. The van der Waals surface area contributed by atoms with Crippen LogP contribution in [0.2, 0.25) is 0 Å². The van der Waals surface area contributed by atoms with Gasteiger partial charge in [0, 0.05) is 0 Å². The lowest BCUT2D eigenvalue weighted by Gasteiger charge is -2.32. The Bertz CT molecular complexity index is 140. The fourth-order valence-corrected chi connectivity index (χ4v) is 2.05. The molecule has 14 heavy (non-hydrogen) atoms. The van der Waals surface area contributed by atoms with Gasteiger partial charge in [-0.1, -0.05) is 60.8 Å². The maximum Gasteiger partial charge on any atom is -0.0331 e. The number of hydrogen-bond donors (Lipinski definition) is 0. The van der Waals surface area contributed by atoms with Crippen LogP contribution in [0.3, 0.4) is 0 Å². The van der Waals surface area contributed by atoms with Crippen molar-refractivity contribution >= 4 is 0 Å². The van der Waals surface area contributed by atoms with Crippen molar-refractivity contribution in [2.45, 2.75) is 80.1 Å². The third-order valence-electron chi connectivity index (χ3n) is 4.04. The molecule has 0 spiro atoms. The molecule has 0 aromatic heterocycles. The second kappa shape index (κ2) is 5.78. The second-order valence-corrected chi connectivity index (χ2v) is 5.93. The average molecular weight is 198 g/mol. The summed E-state index contributed by atoms with van der Waals surface area (Å²) in [6.07, 6.45) is 8.13. The van der Waals surface area contributed by atoms with Gasteiger partial charge in [-0.3, -0.25) is 0 Å². The van der Waals surface area contributed by atoms with Crippen molar-refractivity contribution in [1.29, 1.82) is 0 Å². The van der Waals surface area contributed by atoms with Crippen LogP contribution in [-0.4, -0.2) is 0 Å². The Labute approximate surface area is 91.5 Å². The molecule has 0 fully saturated rings. The van der Waals surface area contributed by atoms with Crippen molar-refractivity contribution in [3.8, 4) is 0 Å². The number of hydrogen-bond acceptors (Lipinski definition) is 0. The first-order valence-electron chi connectivity index (χ1n) is 6.39. The van der Waals surface area contributed by atoms with E-state index in [1.54, 1.807) is 0 Å². The van der Waals surface area contributed by atoms with E-state index in [-0.39, 0.29) is 0 Å². The van der Waals surface area contributed by atoms with E-state index in [0.717, 1.165) is 0 Å². The second-order valence-electron chi connectivity index (χ2n) is 5.93. The molecule has 0 radical (unpaired) electrons. The average Bonchev–Trinajstić information content (AvgIpc) is 2.14.